The largest absolute Gasteiger partial charge is 0.496 e. The first kappa shape index (κ1) is 12.4. The van der Waals surface area contributed by atoms with Crippen molar-refractivity contribution in [1.82, 2.24) is 5.32 Å². The Bertz CT molecular complexity index is 452. The molecule has 0 aliphatic carbocycles. The number of fused-ring (bicyclic) bond motifs is 2. The quantitative estimate of drug-likeness (QED) is 0.841. The molecule has 1 N–H and O–H groups in total. The van der Waals surface area contributed by atoms with Crippen LogP contribution in [0.5, 0.6) is 5.75 Å². The third-order valence-corrected chi connectivity index (χ3v) is 5.57. The Hall–Kier alpha value is -0.670. The van der Waals surface area contributed by atoms with Crippen molar-refractivity contribution in [3.8, 4) is 5.75 Å². The molecule has 2 nitrogen and oxygen atoms in total. The number of nitrogens with one attached hydrogen (secondary N) is 1. The third-order valence-electron chi connectivity index (χ3n) is 4.43. The summed E-state index contributed by atoms with van der Waals surface area (Å²) in [5.41, 5.74) is 3.28. The Labute approximate surface area is 113 Å². The maximum absolute atomic E-state index is 5.52. The van der Waals surface area contributed by atoms with Crippen molar-refractivity contribution >= 4 is 11.8 Å². The fraction of sp³-hybridized carbons (Fsp3) is 0.600. The second-order valence-corrected chi connectivity index (χ2v) is 6.56. The van der Waals surface area contributed by atoms with E-state index in [1.807, 2.05) is 11.8 Å². The lowest BCUT2D eigenvalue weighted by Crippen LogP contribution is -2.30. The number of hydrogen-bond acceptors (Lipinski definition) is 3. The van der Waals surface area contributed by atoms with E-state index >= 15 is 0 Å². The second kappa shape index (κ2) is 4.78. The number of ether oxygens (including phenoxy) is 1. The molecule has 2 aliphatic heterocycles. The van der Waals surface area contributed by atoms with Gasteiger partial charge in [0.25, 0.3) is 0 Å². The predicted molar refractivity (Wildman–Crippen MR) is 76.9 cm³/mol. The molecule has 1 saturated heterocycles. The molecule has 2 heterocycles. The minimum Gasteiger partial charge on any atom is -0.496 e. The lowest BCUT2D eigenvalue weighted by molar-refractivity contribution is 0.396. The zero-order chi connectivity index (χ0) is 12.6. The van der Waals surface area contributed by atoms with Gasteiger partial charge in [0, 0.05) is 16.9 Å². The van der Waals surface area contributed by atoms with Crippen LogP contribution in [-0.2, 0) is 5.41 Å². The molecule has 0 bridgehead atoms. The van der Waals surface area contributed by atoms with Gasteiger partial charge in [0.05, 0.1) is 7.11 Å². The van der Waals surface area contributed by atoms with E-state index in [-0.39, 0.29) is 0 Å². The van der Waals surface area contributed by atoms with Crippen molar-refractivity contribution < 1.29 is 4.74 Å². The van der Waals surface area contributed by atoms with Crippen LogP contribution in [0, 0.1) is 6.92 Å². The van der Waals surface area contributed by atoms with Gasteiger partial charge in [-0.15, -0.1) is 11.8 Å². The predicted octanol–water partition coefficient (Wildman–Crippen LogP) is 3.12. The summed E-state index contributed by atoms with van der Waals surface area (Å²) in [5, 5.41) is 3.57. The Morgan fingerprint density at radius 2 is 2.22 bits per heavy atom. The minimum absolute atomic E-state index is 0.359. The van der Waals surface area contributed by atoms with E-state index in [4.69, 9.17) is 4.74 Å². The average Bonchev–Trinajstić information content (AvgIpc) is 2.75. The Morgan fingerprint density at radius 3 is 2.94 bits per heavy atom. The molecule has 1 atom stereocenters. The van der Waals surface area contributed by atoms with Crippen LogP contribution in [0.3, 0.4) is 0 Å². The van der Waals surface area contributed by atoms with Crippen molar-refractivity contribution in [3.05, 3.63) is 23.3 Å². The highest BCUT2D eigenvalue weighted by Crippen LogP contribution is 2.47. The standard InChI is InChI=1S/C15H21NOS/c1-11-12(17-2)4-5-13-14(11)15(6-3-9-18-13)7-8-16-10-15/h4-5,16H,3,6-10H2,1-2H3. The van der Waals surface area contributed by atoms with Crippen LogP contribution in [0.15, 0.2) is 17.0 Å². The molecule has 0 saturated carbocycles. The van der Waals surface area contributed by atoms with Crippen LogP contribution in [0.4, 0.5) is 0 Å². The van der Waals surface area contributed by atoms with Gasteiger partial charge >= 0.3 is 0 Å². The average molecular weight is 263 g/mol. The lowest BCUT2D eigenvalue weighted by atomic mass is 9.74. The number of benzene rings is 1. The molecule has 3 rings (SSSR count). The first-order valence-corrected chi connectivity index (χ1v) is 7.77. The van der Waals surface area contributed by atoms with E-state index in [0.717, 1.165) is 18.8 Å². The number of hydrogen-bond donors (Lipinski definition) is 1. The second-order valence-electron chi connectivity index (χ2n) is 5.43. The molecule has 18 heavy (non-hydrogen) atoms. The van der Waals surface area contributed by atoms with Gasteiger partial charge in [0.2, 0.25) is 0 Å². The first-order valence-electron chi connectivity index (χ1n) is 6.78. The lowest BCUT2D eigenvalue weighted by Gasteiger charge is -2.31. The molecule has 1 fully saturated rings. The topological polar surface area (TPSA) is 21.3 Å². The van der Waals surface area contributed by atoms with Crippen LogP contribution in [-0.4, -0.2) is 26.0 Å². The normalized spacial score (nSPS) is 27.0. The number of methoxy groups -OCH3 is 1. The van der Waals surface area contributed by atoms with E-state index < -0.39 is 0 Å². The molecule has 1 unspecified atom stereocenters. The molecule has 0 amide bonds. The van der Waals surface area contributed by atoms with Crippen molar-refractivity contribution in [1.29, 1.82) is 0 Å². The third kappa shape index (κ3) is 1.84. The zero-order valence-electron chi connectivity index (χ0n) is 11.2. The van der Waals surface area contributed by atoms with Gasteiger partial charge in [-0.2, -0.15) is 0 Å². The van der Waals surface area contributed by atoms with E-state index in [0.29, 0.717) is 5.41 Å². The highest BCUT2D eigenvalue weighted by atomic mass is 32.2. The zero-order valence-corrected chi connectivity index (χ0v) is 12.0. The Morgan fingerprint density at radius 1 is 1.33 bits per heavy atom. The summed E-state index contributed by atoms with van der Waals surface area (Å²) in [7, 11) is 1.78. The maximum Gasteiger partial charge on any atom is 0.122 e. The maximum atomic E-state index is 5.52. The van der Waals surface area contributed by atoms with Gasteiger partial charge in [0.15, 0.2) is 0 Å². The van der Waals surface area contributed by atoms with Crippen LogP contribution >= 0.6 is 11.8 Å². The van der Waals surface area contributed by atoms with Crippen LogP contribution < -0.4 is 10.1 Å². The van der Waals surface area contributed by atoms with E-state index in [9.17, 15) is 0 Å². The SMILES string of the molecule is COc1ccc2c(c1C)C1(CCCS2)CCNC1. The Kier molecular flexibility index (Phi) is 3.29. The van der Waals surface area contributed by atoms with E-state index in [1.165, 1.54) is 35.5 Å². The summed E-state index contributed by atoms with van der Waals surface area (Å²) in [5.74, 6) is 2.29. The van der Waals surface area contributed by atoms with E-state index in [1.54, 1.807) is 12.7 Å². The summed E-state index contributed by atoms with van der Waals surface area (Å²) >= 11 is 2.02. The molecule has 0 radical (unpaired) electrons. The van der Waals surface area contributed by atoms with Gasteiger partial charge in [0.1, 0.15) is 5.75 Å². The number of thioether (sulfide) groups is 1. The van der Waals surface area contributed by atoms with Gasteiger partial charge in [-0.25, -0.2) is 0 Å². The molecular weight excluding hydrogens is 242 g/mol. The van der Waals surface area contributed by atoms with Gasteiger partial charge < -0.3 is 10.1 Å². The summed E-state index contributed by atoms with van der Waals surface area (Å²) in [4.78, 5) is 1.48. The Balaban J connectivity index is 2.17. The highest BCUT2D eigenvalue weighted by molar-refractivity contribution is 7.99. The van der Waals surface area contributed by atoms with Crippen molar-refractivity contribution in [2.24, 2.45) is 0 Å². The highest BCUT2D eigenvalue weighted by Gasteiger charge is 2.39. The molecule has 0 aromatic heterocycles. The number of rotatable bonds is 1. The molecule has 98 valence electrons. The smallest absolute Gasteiger partial charge is 0.122 e. The molecule has 1 aromatic rings. The van der Waals surface area contributed by atoms with Crippen molar-refractivity contribution in [2.45, 2.75) is 36.5 Å². The first-order chi connectivity index (χ1) is 8.77. The molecule has 1 spiro atoms. The van der Waals surface area contributed by atoms with Crippen LogP contribution in [0.1, 0.15) is 30.4 Å². The van der Waals surface area contributed by atoms with Crippen molar-refractivity contribution in [2.75, 3.05) is 26.0 Å². The summed E-state index contributed by atoms with van der Waals surface area (Å²) < 4.78 is 5.52. The van der Waals surface area contributed by atoms with Gasteiger partial charge in [-0.3, -0.25) is 0 Å². The fourth-order valence-corrected chi connectivity index (χ4v) is 4.74. The minimum atomic E-state index is 0.359. The van der Waals surface area contributed by atoms with Crippen molar-refractivity contribution in [3.63, 3.8) is 0 Å². The fourth-order valence-electron chi connectivity index (χ4n) is 3.56. The monoisotopic (exact) mass is 263 g/mol. The molecule has 1 aromatic carbocycles. The molecule has 3 heteroatoms. The van der Waals surface area contributed by atoms with Crippen LogP contribution in [0.2, 0.25) is 0 Å². The van der Waals surface area contributed by atoms with Gasteiger partial charge in [-0.1, -0.05) is 0 Å². The van der Waals surface area contributed by atoms with Gasteiger partial charge in [-0.05, 0) is 61.7 Å². The summed E-state index contributed by atoms with van der Waals surface area (Å²) in [6.45, 7) is 4.51. The molecular formula is C15H21NOS. The summed E-state index contributed by atoms with van der Waals surface area (Å²) in [6, 6.07) is 4.39. The van der Waals surface area contributed by atoms with Crippen LogP contribution in [0.25, 0.3) is 0 Å². The summed E-state index contributed by atoms with van der Waals surface area (Å²) in [6.07, 6.45) is 3.91. The van der Waals surface area contributed by atoms with E-state index in [2.05, 4.69) is 24.4 Å². The molecule has 2 aliphatic rings.